The molecule has 4 aromatic rings. The molecule has 1 saturated heterocycles. The molecule has 2 amide bonds. The SMILES string of the molecule is CC1(C)CN(C(=O)Cn2c(=O)c(C(=O)NCc3ccc(Cl)cc3)cc3c(N4CCn5cnnc5C4)ccnc32)C1. The fourth-order valence-corrected chi connectivity index (χ4v) is 5.52. The van der Waals surface area contributed by atoms with Gasteiger partial charge in [-0.3, -0.25) is 19.0 Å². The average molecular weight is 561 g/mol. The zero-order valence-electron chi connectivity index (χ0n) is 22.3. The first-order chi connectivity index (χ1) is 19.2. The zero-order valence-corrected chi connectivity index (χ0v) is 23.1. The number of anilines is 1. The topological polar surface area (TPSA) is 118 Å². The Bertz CT molecular complexity index is 1670. The second kappa shape index (κ2) is 10.1. The molecule has 0 unspecified atom stereocenters. The van der Waals surface area contributed by atoms with Crippen LogP contribution in [0, 0.1) is 5.41 Å². The van der Waals surface area contributed by atoms with Gasteiger partial charge in [0.1, 0.15) is 24.1 Å². The van der Waals surface area contributed by atoms with E-state index in [-0.39, 0.29) is 30.0 Å². The summed E-state index contributed by atoms with van der Waals surface area (Å²) in [4.78, 5) is 48.7. The average Bonchev–Trinajstić information content (AvgIpc) is 3.40. The molecule has 3 aromatic heterocycles. The van der Waals surface area contributed by atoms with Crippen LogP contribution in [0.25, 0.3) is 11.0 Å². The summed E-state index contributed by atoms with van der Waals surface area (Å²) < 4.78 is 3.33. The second-order valence-electron chi connectivity index (χ2n) is 11.1. The molecule has 6 rings (SSSR count). The first kappa shape index (κ1) is 26.0. The third-order valence-electron chi connectivity index (χ3n) is 7.44. The van der Waals surface area contributed by atoms with Crippen molar-refractivity contribution in [3.8, 4) is 0 Å². The number of hydrogen-bond donors (Lipinski definition) is 1. The van der Waals surface area contributed by atoms with E-state index in [1.807, 2.05) is 22.8 Å². The Morgan fingerprint density at radius 2 is 1.88 bits per heavy atom. The lowest BCUT2D eigenvalue weighted by Gasteiger charge is -2.45. The number of amides is 2. The van der Waals surface area contributed by atoms with Crippen molar-refractivity contribution in [3.63, 3.8) is 0 Å². The van der Waals surface area contributed by atoms with E-state index in [4.69, 9.17) is 11.6 Å². The highest BCUT2D eigenvalue weighted by Gasteiger charge is 2.37. The molecule has 206 valence electrons. The maximum absolute atomic E-state index is 13.7. The molecule has 1 N–H and O–H groups in total. The van der Waals surface area contributed by atoms with Gasteiger partial charge in [-0.1, -0.05) is 37.6 Å². The van der Waals surface area contributed by atoms with Gasteiger partial charge >= 0.3 is 0 Å². The predicted octanol–water partition coefficient (Wildman–Crippen LogP) is 2.46. The number of nitrogens with one attached hydrogen (secondary N) is 1. The van der Waals surface area contributed by atoms with Crippen molar-refractivity contribution >= 4 is 40.1 Å². The minimum Gasteiger partial charge on any atom is -0.362 e. The number of carbonyl (C=O) groups excluding carboxylic acids is 2. The Hall–Kier alpha value is -4.25. The Kier molecular flexibility index (Phi) is 6.53. The molecular formula is C28H29ClN8O3. The number of nitrogens with zero attached hydrogens (tertiary/aromatic N) is 7. The van der Waals surface area contributed by atoms with Crippen LogP contribution in [-0.4, -0.2) is 60.7 Å². The van der Waals surface area contributed by atoms with E-state index in [1.54, 1.807) is 35.6 Å². The monoisotopic (exact) mass is 560 g/mol. The normalized spacial score (nSPS) is 16.0. The molecule has 12 heteroatoms. The fourth-order valence-electron chi connectivity index (χ4n) is 5.39. The van der Waals surface area contributed by atoms with Crippen LogP contribution in [0.5, 0.6) is 0 Å². The summed E-state index contributed by atoms with van der Waals surface area (Å²) >= 11 is 5.98. The van der Waals surface area contributed by atoms with E-state index in [0.29, 0.717) is 48.8 Å². The Balaban J connectivity index is 1.38. The Morgan fingerprint density at radius 1 is 1.10 bits per heavy atom. The van der Waals surface area contributed by atoms with Gasteiger partial charge in [0.2, 0.25) is 5.91 Å². The van der Waals surface area contributed by atoms with Gasteiger partial charge in [0.15, 0.2) is 5.82 Å². The second-order valence-corrected chi connectivity index (χ2v) is 11.5. The first-order valence-corrected chi connectivity index (χ1v) is 13.5. The van der Waals surface area contributed by atoms with Gasteiger partial charge in [0.25, 0.3) is 11.5 Å². The number of fused-ring (bicyclic) bond motifs is 2. The number of rotatable bonds is 6. The highest BCUT2D eigenvalue weighted by atomic mass is 35.5. The van der Waals surface area contributed by atoms with Crippen molar-refractivity contribution in [3.05, 3.63) is 81.3 Å². The van der Waals surface area contributed by atoms with E-state index >= 15 is 0 Å². The highest BCUT2D eigenvalue weighted by molar-refractivity contribution is 6.30. The quantitative estimate of drug-likeness (QED) is 0.385. The van der Waals surface area contributed by atoms with Crippen LogP contribution in [0.2, 0.25) is 5.02 Å². The number of likely N-dealkylation sites (tertiary alicyclic amines) is 1. The zero-order chi connectivity index (χ0) is 28.0. The van der Waals surface area contributed by atoms with Gasteiger partial charge in [-0.05, 0) is 35.2 Å². The van der Waals surface area contributed by atoms with Crippen LogP contribution in [0.1, 0.15) is 35.6 Å². The lowest BCUT2D eigenvalue weighted by molar-refractivity contribution is -0.142. The van der Waals surface area contributed by atoms with Gasteiger partial charge in [-0.15, -0.1) is 10.2 Å². The van der Waals surface area contributed by atoms with Crippen LogP contribution in [-0.2, 0) is 31.0 Å². The third-order valence-corrected chi connectivity index (χ3v) is 7.69. The molecule has 0 aliphatic carbocycles. The third kappa shape index (κ3) is 4.92. The molecule has 0 bridgehead atoms. The number of benzene rings is 1. The number of halogens is 1. The highest BCUT2D eigenvalue weighted by Crippen LogP contribution is 2.30. The van der Waals surface area contributed by atoms with Gasteiger partial charge in [0, 0.05) is 55.0 Å². The molecule has 2 aliphatic rings. The van der Waals surface area contributed by atoms with Crippen LogP contribution >= 0.6 is 11.6 Å². The van der Waals surface area contributed by atoms with Crippen molar-refractivity contribution in [2.45, 2.75) is 40.0 Å². The van der Waals surface area contributed by atoms with Crippen molar-refractivity contribution in [2.24, 2.45) is 5.41 Å². The van der Waals surface area contributed by atoms with Crippen LogP contribution in [0.4, 0.5) is 5.69 Å². The molecule has 11 nitrogen and oxygen atoms in total. The lowest BCUT2D eigenvalue weighted by atomic mass is 9.84. The standard InChI is InChI=1S/C28H29ClN8O3/c1-28(2)15-36(16-28)24(38)14-37-25-20(22(7-8-30-25)34-9-10-35-17-32-33-23(35)13-34)11-21(27(37)40)26(39)31-12-18-3-5-19(29)6-4-18/h3-8,11,17H,9-10,12-16H2,1-2H3,(H,31,39). The van der Waals surface area contributed by atoms with Crippen LogP contribution in [0.3, 0.4) is 0 Å². The fraction of sp³-hybridized carbons (Fsp3) is 0.357. The molecule has 0 saturated carbocycles. The van der Waals surface area contributed by atoms with Crippen LogP contribution < -0.4 is 15.8 Å². The number of carbonyl (C=O) groups is 2. The Labute approximate surface area is 235 Å². The predicted molar refractivity (Wildman–Crippen MR) is 150 cm³/mol. The molecule has 2 aliphatic heterocycles. The summed E-state index contributed by atoms with van der Waals surface area (Å²) in [5.41, 5.74) is 1.44. The van der Waals surface area contributed by atoms with Crippen molar-refractivity contribution in [1.82, 2.24) is 34.5 Å². The molecule has 0 atom stereocenters. The molecule has 5 heterocycles. The van der Waals surface area contributed by atoms with Crippen molar-refractivity contribution in [2.75, 3.05) is 24.5 Å². The summed E-state index contributed by atoms with van der Waals surface area (Å²) in [7, 11) is 0. The summed E-state index contributed by atoms with van der Waals surface area (Å²) in [6, 6.07) is 10.6. The summed E-state index contributed by atoms with van der Waals surface area (Å²) in [6.45, 7) is 7.34. The van der Waals surface area contributed by atoms with Gasteiger partial charge < -0.3 is 19.7 Å². The van der Waals surface area contributed by atoms with E-state index < -0.39 is 11.5 Å². The molecule has 1 fully saturated rings. The first-order valence-electron chi connectivity index (χ1n) is 13.1. The molecule has 40 heavy (non-hydrogen) atoms. The largest absolute Gasteiger partial charge is 0.362 e. The molecule has 0 radical (unpaired) electrons. The number of aromatic nitrogens is 5. The number of hydrogen-bond acceptors (Lipinski definition) is 7. The maximum atomic E-state index is 13.7. The smallest absolute Gasteiger partial charge is 0.265 e. The van der Waals surface area contributed by atoms with Crippen molar-refractivity contribution < 1.29 is 9.59 Å². The van der Waals surface area contributed by atoms with E-state index in [1.165, 1.54) is 4.57 Å². The van der Waals surface area contributed by atoms with Crippen molar-refractivity contribution in [1.29, 1.82) is 0 Å². The molecular weight excluding hydrogens is 532 g/mol. The van der Waals surface area contributed by atoms with E-state index in [2.05, 4.69) is 39.2 Å². The van der Waals surface area contributed by atoms with E-state index in [0.717, 1.165) is 17.1 Å². The van der Waals surface area contributed by atoms with Gasteiger partial charge in [0.05, 0.1) is 6.54 Å². The summed E-state index contributed by atoms with van der Waals surface area (Å²) in [5.74, 6) is 0.113. The minimum atomic E-state index is -0.558. The lowest BCUT2D eigenvalue weighted by Crippen LogP contribution is -2.56. The van der Waals surface area contributed by atoms with Gasteiger partial charge in [-0.25, -0.2) is 4.98 Å². The minimum absolute atomic E-state index is 0.0479. The maximum Gasteiger partial charge on any atom is 0.265 e. The van der Waals surface area contributed by atoms with Crippen LogP contribution in [0.15, 0.2) is 53.7 Å². The summed E-state index contributed by atoms with van der Waals surface area (Å²) in [5, 5.41) is 12.3. The van der Waals surface area contributed by atoms with Gasteiger partial charge in [-0.2, -0.15) is 0 Å². The van der Waals surface area contributed by atoms with E-state index in [9.17, 15) is 14.4 Å². The summed E-state index contributed by atoms with van der Waals surface area (Å²) in [6.07, 6.45) is 3.34. The Morgan fingerprint density at radius 3 is 2.62 bits per heavy atom. The molecule has 0 spiro atoms. The number of pyridine rings is 2. The molecule has 1 aromatic carbocycles.